The van der Waals surface area contributed by atoms with Crippen molar-refractivity contribution in [1.82, 2.24) is 15.5 Å². The van der Waals surface area contributed by atoms with Crippen LogP contribution in [0.3, 0.4) is 0 Å². The lowest BCUT2D eigenvalue weighted by Gasteiger charge is -2.21. The second-order valence-electron chi connectivity index (χ2n) is 5.39. The molecule has 0 aliphatic heterocycles. The van der Waals surface area contributed by atoms with Crippen LogP contribution in [-0.4, -0.2) is 49.1 Å². The van der Waals surface area contributed by atoms with E-state index in [9.17, 15) is 4.79 Å². The lowest BCUT2D eigenvalue weighted by molar-refractivity contribution is -0.122. The molecule has 0 aromatic rings. The molecule has 1 rings (SSSR count). The fourth-order valence-electron chi connectivity index (χ4n) is 1.55. The fourth-order valence-corrected chi connectivity index (χ4v) is 1.55. The van der Waals surface area contributed by atoms with Crippen LogP contribution in [0.5, 0.6) is 0 Å². The van der Waals surface area contributed by atoms with Crippen LogP contribution in [0.25, 0.3) is 0 Å². The second-order valence-corrected chi connectivity index (χ2v) is 5.39. The molecule has 1 saturated carbocycles. The van der Waals surface area contributed by atoms with Gasteiger partial charge in [0.2, 0.25) is 5.91 Å². The Morgan fingerprint density at radius 3 is 2.53 bits per heavy atom. The van der Waals surface area contributed by atoms with E-state index in [-0.39, 0.29) is 11.9 Å². The molecule has 4 nitrogen and oxygen atoms in total. The Balaban J connectivity index is 2.02. The Morgan fingerprint density at radius 1 is 1.35 bits per heavy atom. The number of carbonyl (C=O) groups excluding carboxylic acids is 1. The first-order chi connectivity index (χ1) is 8.00. The standard InChI is InChI=1S/C13H27N3O/c1-10(2)16(4)9-5-8-14-11(3)13(17)15-12-6-7-12/h10-12,14H,5-9H2,1-4H3,(H,15,17). The summed E-state index contributed by atoms with van der Waals surface area (Å²) in [5.41, 5.74) is 0. The first-order valence-electron chi connectivity index (χ1n) is 6.74. The van der Waals surface area contributed by atoms with Crippen LogP contribution >= 0.6 is 0 Å². The molecule has 0 saturated heterocycles. The van der Waals surface area contributed by atoms with Crippen molar-refractivity contribution >= 4 is 5.91 Å². The SMILES string of the molecule is CC(NCCCN(C)C(C)C)C(=O)NC1CC1. The number of nitrogens with one attached hydrogen (secondary N) is 2. The Bertz CT molecular complexity index is 239. The van der Waals surface area contributed by atoms with Gasteiger partial charge >= 0.3 is 0 Å². The van der Waals surface area contributed by atoms with Crippen LogP contribution < -0.4 is 10.6 Å². The second kappa shape index (κ2) is 6.97. The highest BCUT2D eigenvalue weighted by Crippen LogP contribution is 2.18. The number of rotatable bonds is 8. The van der Waals surface area contributed by atoms with E-state index < -0.39 is 0 Å². The van der Waals surface area contributed by atoms with Crippen molar-refractivity contribution in [3.05, 3.63) is 0 Å². The predicted molar refractivity (Wildman–Crippen MR) is 71.0 cm³/mol. The van der Waals surface area contributed by atoms with Crippen LogP contribution in [0.15, 0.2) is 0 Å². The van der Waals surface area contributed by atoms with Gasteiger partial charge in [0.05, 0.1) is 6.04 Å². The van der Waals surface area contributed by atoms with Gasteiger partial charge in [0, 0.05) is 12.1 Å². The van der Waals surface area contributed by atoms with E-state index >= 15 is 0 Å². The highest BCUT2D eigenvalue weighted by atomic mass is 16.2. The van der Waals surface area contributed by atoms with Gasteiger partial charge in [-0.1, -0.05) is 0 Å². The van der Waals surface area contributed by atoms with Crippen molar-refractivity contribution in [3.8, 4) is 0 Å². The van der Waals surface area contributed by atoms with Crippen molar-refractivity contribution in [1.29, 1.82) is 0 Å². The van der Waals surface area contributed by atoms with E-state index in [4.69, 9.17) is 0 Å². The first-order valence-corrected chi connectivity index (χ1v) is 6.74. The minimum atomic E-state index is -0.0695. The van der Waals surface area contributed by atoms with E-state index in [1.165, 1.54) is 0 Å². The third-order valence-electron chi connectivity index (χ3n) is 3.34. The first kappa shape index (κ1) is 14.5. The molecule has 0 aromatic carbocycles. The molecule has 4 heteroatoms. The van der Waals surface area contributed by atoms with Crippen LogP contribution in [0, 0.1) is 0 Å². The average molecular weight is 241 g/mol. The quantitative estimate of drug-likeness (QED) is 0.623. The van der Waals surface area contributed by atoms with E-state index in [0.29, 0.717) is 12.1 Å². The van der Waals surface area contributed by atoms with Crippen molar-refractivity contribution in [3.63, 3.8) is 0 Å². The van der Waals surface area contributed by atoms with Gasteiger partial charge in [-0.3, -0.25) is 4.79 Å². The summed E-state index contributed by atoms with van der Waals surface area (Å²) in [7, 11) is 2.13. The maximum Gasteiger partial charge on any atom is 0.237 e. The molecule has 1 amide bonds. The van der Waals surface area contributed by atoms with E-state index in [0.717, 1.165) is 32.4 Å². The third kappa shape index (κ3) is 6.03. The van der Waals surface area contributed by atoms with Gasteiger partial charge < -0.3 is 15.5 Å². The van der Waals surface area contributed by atoms with Crippen molar-refractivity contribution in [2.24, 2.45) is 0 Å². The molecule has 0 aromatic heterocycles. The Morgan fingerprint density at radius 2 is 2.00 bits per heavy atom. The molecule has 1 aliphatic rings. The van der Waals surface area contributed by atoms with Crippen molar-refractivity contribution in [2.75, 3.05) is 20.1 Å². The number of amides is 1. The topological polar surface area (TPSA) is 44.4 Å². The molecule has 1 fully saturated rings. The Labute approximate surface area is 105 Å². The minimum absolute atomic E-state index is 0.0695. The van der Waals surface area contributed by atoms with Crippen LogP contribution in [0.1, 0.15) is 40.0 Å². The predicted octanol–water partition coefficient (Wildman–Crippen LogP) is 0.973. The molecule has 0 bridgehead atoms. The molecule has 17 heavy (non-hydrogen) atoms. The molecule has 1 unspecified atom stereocenters. The number of nitrogens with zero attached hydrogens (tertiary/aromatic N) is 1. The summed E-state index contributed by atoms with van der Waals surface area (Å²) in [6.45, 7) is 8.29. The van der Waals surface area contributed by atoms with Gasteiger partial charge in [-0.15, -0.1) is 0 Å². The number of hydrogen-bond donors (Lipinski definition) is 2. The highest BCUT2D eigenvalue weighted by Gasteiger charge is 2.25. The molecule has 0 heterocycles. The maximum atomic E-state index is 11.6. The molecular formula is C13H27N3O. The summed E-state index contributed by atoms with van der Waals surface area (Å²) in [5.74, 6) is 0.143. The molecule has 1 aliphatic carbocycles. The van der Waals surface area contributed by atoms with Gasteiger partial charge in [-0.25, -0.2) is 0 Å². The van der Waals surface area contributed by atoms with Crippen molar-refractivity contribution in [2.45, 2.75) is 58.2 Å². The molecule has 0 spiro atoms. The zero-order chi connectivity index (χ0) is 12.8. The summed E-state index contributed by atoms with van der Waals surface area (Å²) in [4.78, 5) is 14.0. The number of carbonyl (C=O) groups is 1. The van der Waals surface area contributed by atoms with Crippen LogP contribution in [0.2, 0.25) is 0 Å². The third-order valence-corrected chi connectivity index (χ3v) is 3.34. The Kier molecular flexibility index (Phi) is 5.92. The summed E-state index contributed by atoms with van der Waals surface area (Å²) in [5, 5.41) is 6.28. The summed E-state index contributed by atoms with van der Waals surface area (Å²) in [6, 6.07) is 0.976. The number of hydrogen-bond acceptors (Lipinski definition) is 3. The van der Waals surface area contributed by atoms with Gasteiger partial charge in [0.15, 0.2) is 0 Å². The molecule has 100 valence electrons. The largest absolute Gasteiger partial charge is 0.352 e. The normalized spacial score (nSPS) is 17.5. The lowest BCUT2D eigenvalue weighted by atomic mass is 10.2. The van der Waals surface area contributed by atoms with Gasteiger partial charge in [-0.05, 0) is 60.2 Å². The van der Waals surface area contributed by atoms with Crippen LogP contribution in [-0.2, 0) is 4.79 Å². The van der Waals surface area contributed by atoms with Crippen molar-refractivity contribution < 1.29 is 4.79 Å². The van der Waals surface area contributed by atoms with E-state index in [1.54, 1.807) is 0 Å². The highest BCUT2D eigenvalue weighted by molar-refractivity contribution is 5.81. The van der Waals surface area contributed by atoms with Gasteiger partial charge in [-0.2, -0.15) is 0 Å². The maximum absolute atomic E-state index is 11.6. The van der Waals surface area contributed by atoms with E-state index in [1.807, 2.05) is 6.92 Å². The lowest BCUT2D eigenvalue weighted by Crippen LogP contribution is -2.43. The average Bonchev–Trinajstić information content (AvgIpc) is 3.07. The zero-order valence-electron chi connectivity index (χ0n) is 11.6. The Hall–Kier alpha value is -0.610. The molecule has 0 radical (unpaired) electrons. The van der Waals surface area contributed by atoms with Gasteiger partial charge in [0.25, 0.3) is 0 Å². The van der Waals surface area contributed by atoms with E-state index in [2.05, 4.69) is 36.4 Å². The molecule has 2 N–H and O–H groups in total. The zero-order valence-corrected chi connectivity index (χ0v) is 11.6. The molecular weight excluding hydrogens is 214 g/mol. The monoisotopic (exact) mass is 241 g/mol. The summed E-state index contributed by atoms with van der Waals surface area (Å²) < 4.78 is 0. The van der Waals surface area contributed by atoms with Crippen LogP contribution in [0.4, 0.5) is 0 Å². The van der Waals surface area contributed by atoms with Gasteiger partial charge in [0.1, 0.15) is 0 Å². The fraction of sp³-hybridized carbons (Fsp3) is 0.923. The smallest absolute Gasteiger partial charge is 0.237 e. The minimum Gasteiger partial charge on any atom is -0.352 e. The summed E-state index contributed by atoms with van der Waals surface area (Å²) >= 11 is 0. The summed E-state index contributed by atoms with van der Waals surface area (Å²) in [6.07, 6.45) is 3.38. The molecule has 1 atom stereocenters.